The Morgan fingerprint density at radius 3 is 2.89 bits per heavy atom. The van der Waals surface area contributed by atoms with E-state index in [1.807, 2.05) is 24.3 Å². The second-order valence-corrected chi connectivity index (χ2v) is 6.83. The highest BCUT2D eigenvalue weighted by molar-refractivity contribution is 7.22. The molecule has 2 aromatic carbocycles. The predicted octanol–water partition coefficient (Wildman–Crippen LogP) is 2.23. The molecule has 142 valence electrons. The maximum absolute atomic E-state index is 12.1. The molecule has 1 amide bonds. The first-order chi connectivity index (χ1) is 13.6. The van der Waals surface area contributed by atoms with E-state index in [2.05, 4.69) is 20.6 Å². The molecule has 4 rings (SSSR count). The van der Waals surface area contributed by atoms with Crippen LogP contribution in [-0.4, -0.2) is 45.6 Å². The van der Waals surface area contributed by atoms with E-state index in [1.165, 1.54) is 16.0 Å². The first-order valence-electron chi connectivity index (χ1n) is 8.30. The summed E-state index contributed by atoms with van der Waals surface area (Å²) in [6.45, 7) is -0.542. The lowest BCUT2D eigenvalue weighted by Gasteiger charge is -2.05. The van der Waals surface area contributed by atoms with E-state index < -0.39 is 18.5 Å². The van der Waals surface area contributed by atoms with Gasteiger partial charge in [-0.25, -0.2) is 9.67 Å². The number of benzene rings is 2. The van der Waals surface area contributed by atoms with Gasteiger partial charge in [-0.3, -0.25) is 14.9 Å². The van der Waals surface area contributed by atoms with Crippen LogP contribution in [0.2, 0.25) is 0 Å². The third-order valence-electron chi connectivity index (χ3n) is 3.91. The Kier molecular flexibility index (Phi) is 4.85. The summed E-state index contributed by atoms with van der Waals surface area (Å²) in [5.74, 6) is -0.341. The SMILES string of the molecule is COc1ccc2nc(NC(=O)COC(=O)Cn3nnc4ccccc43)sc2c1. The van der Waals surface area contributed by atoms with Crippen LogP contribution in [0.5, 0.6) is 5.75 Å². The van der Waals surface area contributed by atoms with Crippen molar-refractivity contribution in [2.24, 2.45) is 0 Å². The number of aromatic nitrogens is 4. The van der Waals surface area contributed by atoms with Crippen LogP contribution in [0, 0.1) is 0 Å². The number of hydrogen-bond acceptors (Lipinski definition) is 8. The van der Waals surface area contributed by atoms with Crippen molar-refractivity contribution in [3.05, 3.63) is 42.5 Å². The van der Waals surface area contributed by atoms with Crippen molar-refractivity contribution >= 4 is 49.6 Å². The van der Waals surface area contributed by atoms with Gasteiger partial charge >= 0.3 is 5.97 Å². The average molecular weight is 397 g/mol. The van der Waals surface area contributed by atoms with Crippen LogP contribution in [0.1, 0.15) is 0 Å². The third-order valence-corrected chi connectivity index (χ3v) is 4.84. The first kappa shape index (κ1) is 17.9. The molecule has 9 nitrogen and oxygen atoms in total. The van der Waals surface area contributed by atoms with Gasteiger partial charge in [0.1, 0.15) is 17.8 Å². The van der Waals surface area contributed by atoms with Crippen LogP contribution in [0.15, 0.2) is 42.5 Å². The monoisotopic (exact) mass is 397 g/mol. The molecular formula is C18H15N5O4S. The average Bonchev–Trinajstić information content (AvgIpc) is 3.29. The van der Waals surface area contributed by atoms with E-state index in [1.54, 1.807) is 25.3 Å². The van der Waals surface area contributed by atoms with Crippen LogP contribution in [0.3, 0.4) is 0 Å². The second kappa shape index (κ2) is 7.61. The molecule has 0 aliphatic rings. The number of hydrogen-bond donors (Lipinski definition) is 1. The van der Waals surface area contributed by atoms with Crippen molar-refractivity contribution in [1.29, 1.82) is 0 Å². The van der Waals surface area contributed by atoms with E-state index in [0.29, 0.717) is 21.9 Å². The number of nitrogens with zero attached hydrogens (tertiary/aromatic N) is 4. The quantitative estimate of drug-likeness (QED) is 0.497. The zero-order valence-electron chi connectivity index (χ0n) is 14.8. The minimum Gasteiger partial charge on any atom is -0.497 e. The number of carbonyl (C=O) groups excluding carboxylic acids is 2. The molecule has 0 spiro atoms. The number of nitrogens with one attached hydrogen (secondary N) is 1. The number of thiazole rings is 1. The van der Waals surface area contributed by atoms with Gasteiger partial charge in [-0.15, -0.1) is 5.10 Å². The molecule has 0 saturated carbocycles. The van der Waals surface area contributed by atoms with Crippen molar-refractivity contribution in [1.82, 2.24) is 20.0 Å². The predicted molar refractivity (Wildman–Crippen MR) is 103 cm³/mol. The summed E-state index contributed by atoms with van der Waals surface area (Å²) in [4.78, 5) is 28.4. The van der Waals surface area contributed by atoms with E-state index >= 15 is 0 Å². The van der Waals surface area contributed by atoms with Gasteiger partial charge in [-0.2, -0.15) is 0 Å². The normalized spacial score (nSPS) is 10.9. The highest BCUT2D eigenvalue weighted by atomic mass is 32.1. The summed E-state index contributed by atoms with van der Waals surface area (Å²) < 4.78 is 12.5. The number of methoxy groups -OCH3 is 1. The number of para-hydroxylation sites is 1. The van der Waals surface area contributed by atoms with Crippen molar-refractivity contribution in [3.8, 4) is 5.75 Å². The number of anilines is 1. The van der Waals surface area contributed by atoms with Gasteiger partial charge in [0, 0.05) is 0 Å². The van der Waals surface area contributed by atoms with Crippen LogP contribution in [-0.2, 0) is 20.9 Å². The zero-order valence-corrected chi connectivity index (χ0v) is 15.6. The smallest absolute Gasteiger partial charge is 0.328 e. The molecule has 10 heteroatoms. The molecule has 28 heavy (non-hydrogen) atoms. The molecule has 0 aliphatic heterocycles. The molecule has 2 heterocycles. The van der Waals surface area contributed by atoms with Crippen molar-refractivity contribution in [2.75, 3.05) is 19.0 Å². The van der Waals surface area contributed by atoms with Gasteiger partial charge in [0.15, 0.2) is 11.7 Å². The summed E-state index contributed by atoms with van der Waals surface area (Å²) in [5, 5.41) is 10.9. The Balaban J connectivity index is 1.33. The van der Waals surface area contributed by atoms with E-state index in [-0.39, 0.29) is 6.54 Å². The van der Waals surface area contributed by atoms with Crippen molar-refractivity contribution in [2.45, 2.75) is 6.54 Å². The van der Waals surface area contributed by atoms with Crippen molar-refractivity contribution in [3.63, 3.8) is 0 Å². The summed E-state index contributed by atoms with van der Waals surface area (Å²) in [7, 11) is 1.58. The van der Waals surface area contributed by atoms with Crippen LogP contribution in [0.25, 0.3) is 21.3 Å². The summed E-state index contributed by atoms with van der Waals surface area (Å²) >= 11 is 1.31. The maximum atomic E-state index is 12.1. The Labute approximate surface area is 162 Å². The molecule has 1 N–H and O–H groups in total. The lowest BCUT2D eigenvalue weighted by molar-refractivity contribution is -0.148. The van der Waals surface area contributed by atoms with Crippen LogP contribution < -0.4 is 10.1 Å². The molecule has 0 unspecified atom stereocenters. The van der Waals surface area contributed by atoms with Gasteiger partial charge in [-0.1, -0.05) is 28.7 Å². The summed E-state index contributed by atoms with van der Waals surface area (Å²) in [5.41, 5.74) is 2.14. The fourth-order valence-electron chi connectivity index (χ4n) is 2.59. The zero-order chi connectivity index (χ0) is 19.5. The Hall–Kier alpha value is -3.53. The Morgan fingerprint density at radius 2 is 2.04 bits per heavy atom. The molecule has 0 radical (unpaired) electrons. The number of rotatable bonds is 6. The van der Waals surface area contributed by atoms with Gasteiger partial charge in [0.2, 0.25) is 0 Å². The first-order valence-corrected chi connectivity index (χ1v) is 9.12. The lowest BCUT2D eigenvalue weighted by Crippen LogP contribution is -2.23. The highest BCUT2D eigenvalue weighted by Crippen LogP contribution is 2.29. The van der Waals surface area contributed by atoms with Gasteiger partial charge in [-0.05, 0) is 30.3 Å². The van der Waals surface area contributed by atoms with Crippen molar-refractivity contribution < 1.29 is 19.1 Å². The Morgan fingerprint density at radius 1 is 1.18 bits per heavy atom. The number of ether oxygens (including phenoxy) is 2. The van der Waals surface area contributed by atoms with Crippen LogP contribution >= 0.6 is 11.3 Å². The molecule has 0 saturated heterocycles. The largest absolute Gasteiger partial charge is 0.497 e. The van der Waals surface area contributed by atoms with E-state index in [0.717, 1.165) is 10.2 Å². The molecule has 2 aromatic heterocycles. The second-order valence-electron chi connectivity index (χ2n) is 5.80. The molecule has 4 aromatic rings. The van der Waals surface area contributed by atoms with E-state index in [4.69, 9.17) is 9.47 Å². The lowest BCUT2D eigenvalue weighted by atomic mass is 10.3. The van der Waals surface area contributed by atoms with Gasteiger partial charge in [0.05, 0.1) is 22.8 Å². The third kappa shape index (κ3) is 3.76. The topological polar surface area (TPSA) is 108 Å². The van der Waals surface area contributed by atoms with Gasteiger partial charge < -0.3 is 9.47 Å². The number of fused-ring (bicyclic) bond motifs is 2. The Bertz CT molecular complexity index is 1170. The maximum Gasteiger partial charge on any atom is 0.328 e. The fourth-order valence-corrected chi connectivity index (χ4v) is 3.50. The summed E-state index contributed by atoms with van der Waals surface area (Å²) in [6, 6.07) is 12.7. The molecule has 0 aliphatic carbocycles. The minimum absolute atomic E-state index is 0.130. The van der Waals surface area contributed by atoms with Crippen LogP contribution in [0.4, 0.5) is 5.13 Å². The molecule has 0 bridgehead atoms. The fraction of sp³-hybridized carbons (Fsp3) is 0.167. The molecular weight excluding hydrogens is 382 g/mol. The molecule has 0 fully saturated rings. The number of amides is 1. The highest BCUT2D eigenvalue weighted by Gasteiger charge is 2.13. The standard InChI is InChI=1S/C18H15N5O4S/c1-26-11-6-7-13-15(8-11)28-18(19-13)20-16(24)10-27-17(25)9-23-14-5-3-2-4-12(14)21-22-23/h2-8H,9-10H2,1H3,(H,19,20,24). The number of carbonyl (C=O) groups is 2. The van der Waals surface area contributed by atoms with Gasteiger partial charge in [0.25, 0.3) is 5.91 Å². The number of esters is 1. The molecule has 0 atom stereocenters. The minimum atomic E-state index is -0.583. The van der Waals surface area contributed by atoms with E-state index in [9.17, 15) is 9.59 Å². The summed E-state index contributed by atoms with van der Waals surface area (Å²) in [6.07, 6.45) is 0.